The van der Waals surface area contributed by atoms with Crippen LogP contribution in [0.5, 0.6) is 0 Å². The van der Waals surface area contributed by atoms with E-state index in [0.717, 1.165) is 42.4 Å². The molecule has 1 saturated carbocycles. The first-order valence-corrected chi connectivity index (χ1v) is 11.8. The van der Waals surface area contributed by atoms with E-state index in [0.29, 0.717) is 32.7 Å². The molecule has 32 heavy (non-hydrogen) atoms. The average molecular weight is 436 g/mol. The Labute approximate surface area is 190 Å². The number of likely N-dealkylation sites (N-methyl/N-ethyl adjacent to an activating group) is 1. The van der Waals surface area contributed by atoms with Crippen molar-refractivity contribution >= 4 is 11.8 Å². The van der Waals surface area contributed by atoms with E-state index in [4.69, 9.17) is 4.74 Å². The molecule has 170 valence electrons. The van der Waals surface area contributed by atoms with Crippen molar-refractivity contribution in [3.05, 3.63) is 54.4 Å². The zero-order valence-corrected chi connectivity index (χ0v) is 18.9. The van der Waals surface area contributed by atoms with Gasteiger partial charge in [0.15, 0.2) is 5.60 Å². The van der Waals surface area contributed by atoms with Crippen molar-refractivity contribution in [2.24, 2.45) is 5.92 Å². The van der Waals surface area contributed by atoms with Crippen molar-refractivity contribution in [1.29, 1.82) is 0 Å². The molecule has 0 spiro atoms. The molecule has 2 aliphatic rings. The second-order valence-electron chi connectivity index (χ2n) is 8.87. The third kappa shape index (κ3) is 4.85. The Kier molecular flexibility index (Phi) is 7.20. The molecule has 2 aromatic rings. The van der Waals surface area contributed by atoms with Gasteiger partial charge >= 0.3 is 0 Å². The van der Waals surface area contributed by atoms with E-state index in [-0.39, 0.29) is 17.7 Å². The molecule has 1 aliphatic carbocycles. The molecule has 2 amide bonds. The summed E-state index contributed by atoms with van der Waals surface area (Å²) in [5.41, 5.74) is 2.03. The van der Waals surface area contributed by atoms with Crippen molar-refractivity contribution in [3.8, 4) is 11.1 Å². The Balaban J connectivity index is 1.63. The van der Waals surface area contributed by atoms with Crippen LogP contribution in [0.1, 0.15) is 44.6 Å². The van der Waals surface area contributed by atoms with Crippen LogP contribution in [-0.2, 0) is 20.7 Å². The monoisotopic (exact) mass is 435 g/mol. The van der Waals surface area contributed by atoms with E-state index >= 15 is 0 Å². The van der Waals surface area contributed by atoms with Crippen LogP contribution in [0.4, 0.5) is 0 Å². The largest absolute Gasteiger partial charge is 0.361 e. The molecule has 2 fully saturated rings. The summed E-state index contributed by atoms with van der Waals surface area (Å²) in [6.45, 7) is 3.63. The number of aromatic nitrogens is 1. The van der Waals surface area contributed by atoms with Crippen molar-refractivity contribution in [2.45, 2.75) is 51.0 Å². The van der Waals surface area contributed by atoms with Crippen LogP contribution in [0, 0.1) is 5.92 Å². The molecule has 1 saturated heterocycles. The Morgan fingerprint density at radius 2 is 1.88 bits per heavy atom. The fourth-order valence-corrected chi connectivity index (χ4v) is 5.02. The molecule has 0 radical (unpaired) electrons. The summed E-state index contributed by atoms with van der Waals surface area (Å²) in [6.07, 6.45) is 9.29. The van der Waals surface area contributed by atoms with Gasteiger partial charge in [-0.1, -0.05) is 43.5 Å². The zero-order chi connectivity index (χ0) is 22.4. The van der Waals surface area contributed by atoms with Gasteiger partial charge in [-0.05, 0) is 48.6 Å². The number of nitrogens with zero attached hydrogens (tertiary/aromatic N) is 2. The number of pyridine rings is 1. The van der Waals surface area contributed by atoms with Gasteiger partial charge in [0.2, 0.25) is 5.91 Å². The maximum Gasteiger partial charge on any atom is 0.254 e. The fraction of sp³-hybridized carbons (Fsp3) is 0.500. The van der Waals surface area contributed by atoms with E-state index in [2.05, 4.69) is 16.4 Å². The lowest BCUT2D eigenvalue weighted by Crippen LogP contribution is -2.62. The minimum Gasteiger partial charge on any atom is -0.361 e. The van der Waals surface area contributed by atoms with E-state index < -0.39 is 5.60 Å². The summed E-state index contributed by atoms with van der Waals surface area (Å²) in [7, 11) is 0. The Hall–Kier alpha value is -2.73. The van der Waals surface area contributed by atoms with E-state index in [9.17, 15) is 9.59 Å². The molecular formula is C26H33N3O3. The van der Waals surface area contributed by atoms with E-state index in [1.54, 1.807) is 12.4 Å². The number of ether oxygens (including phenoxy) is 1. The highest BCUT2D eigenvalue weighted by molar-refractivity contribution is 5.88. The first kappa shape index (κ1) is 22.5. The third-order valence-corrected chi connectivity index (χ3v) is 6.69. The predicted molar refractivity (Wildman–Crippen MR) is 124 cm³/mol. The second kappa shape index (κ2) is 10.3. The molecule has 1 aromatic carbocycles. The first-order chi connectivity index (χ1) is 15.6. The van der Waals surface area contributed by atoms with E-state index in [1.165, 1.54) is 6.42 Å². The van der Waals surface area contributed by atoms with Crippen LogP contribution in [0.2, 0.25) is 0 Å². The summed E-state index contributed by atoms with van der Waals surface area (Å²) in [6, 6.07) is 12.0. The predicted octanol–water partition coefficient (Wildman–Crippen LogP) is 3.61. The molecule has 4 rings (SSSR count). The van der Waals surface area contributed by atoms with Gasteiger partial charge in [-0.15, -0.1) is 0 Å². The standard InChI is InChI=1S/C26H33N3O3/c1-2-28-25(31)26(18-22-10-6-7-11-23(22)20-12-14-27-15-13-20)19-29(16-17-32-26)24(30)21-8-4-3-5-9-21/h6-7,10-15,21H,2-5,8-9,16-19H2,1H3,(H,28,31). The molecule has 1 unspecified atom stereocenters. The Bertz CT molecular complexity index is 927. The number of amides is 2. The molecule has 1 aliphatic heterocycles. The summed E-state index contributed by atoms with van der Waals surface area (Å²) in [5, 5.41) is 2.96. The minimum absolute atomic E-state index is 0.0814. The zero-order valence-electron chi connectivity index (χ0n) is 18.9. The first-order valence-electron chi connectivity index (χ1n) is 11.8. The maximum absolute atomic E-state index is 13.3. The fourth-order valence-electron chi connectivity index (χ4n) is 5.02. The van der Waals surface area contributed by atoms with Gasteiger partial charge in [-0.3, -0.25) is 14.6 Å². The lowest BCUT2D eigenvalue weighted by molar-refractivity contribution is -0.168. The number of nitrogens with one attached hydrogen (secondary N) is 1. The lowest BCUT2D eigenvalue weighted by Gasteiger charge is -2.43. The van der Waals surface area contributed by atoms with Crippen LogP contribution in [0.15, 0.2) is 48.8 Å². The van der Waals surface area contributed by atoms with Gasteiger partial charge in [0.05, 0.1) is 13.2 Å². The highest BCUT2D eigenvalue weighted by Crippen LogP contribution is 2.32. The van der Waals surface area contributed by atoms with Gasteiger partial charge in [0, 0.05) is 37.8 Å². The van der Waals surface area contributed by atoms with Crippen molar-refractivity contribution in [3.63, 3.8) is 0 Å². The van der Waals surface area contributed by atoms with Gasteiger partial charge in [-0.2, -0.15) is 0 Å². The van der Waals surface area contributed by atoms with Crippen molar-refractivity contribution in [2.75, 3.05) is 26.2 Å². The number of rotatable bonds is 6. The lowest BCUT2D eigenvalue weighted by atomic mass is 9.85. The number of benzene rings is 1. The molecule has 6 heteroatoms. The summed E-state index contributed by atoms with van der Waals surface area (Å²) in [5.74, 6) is 0.118. The van der Waals surface area contributed by atoms with Gasteiger partial charge in [0.1, 0.15) is 0 Å². The Morgan fingerprint density at radius 1 is 1.12 bits per heavy atom. The van der Waals surface area contributed by atoms with Crippen molar-refractivity contribution < 1.29 is 14.3 Å². The SMILES string of the molecule is CCNC(=O)C1(Cc2ccccc2-c2ccncc2)CN(C(=O)C2CCCCC2)CCO1. The van der Waals surface area contributed by atoms with Crippen LogP contribution >= 0.6 is 0 Å². The van der Waals surface area contributed by atoms with Crippen LogP contribution in [0.25, 0.3) is 11.1 Å². The quantitative estimate of drug-likeness (QED) is 0.753. The second-order valence-corrected chi connectivity index (χ2v) is 8.87. The number of morpholine rings is 1. The molecule has 1 atom stereocenters. The number of hydrogen-bond acceptors (Lipinski definition) is 4. The maximum atomic E-state index is 13.3. The molecular weight excluding hydrogens is 402 g/mol. The topological polar surface area (TPSA) is 71.5 Å². The normalized spacial score (nSPS) is 21.8. The molecule has 0 bridgehead atoms. The van der Waals surface area contributed by atoms with Gasteiger partial charge < -0.3 is 15.0 Å². The Morgan fingerprint density at radius 3 is 2.62 bits per heavy atom. The number of carbonyl (C=O) groups excluding carboxylic acids is 2. The molecule has 1 N–H and O–H groups in total. The minimum atomic E-state index is -1.10. The van der Waals surface area contributed by atoms with E-state index in [1.807, 2.05) is 42.2 Å². The highest BCUT2D eigenvalue weighted by atomic mass is 16.5. The van der Waals surface area contributed by atoms with Gasteiger partial charge in [-0.25, -0.2) is 0 Å². The van der Waals surface area contributed by atoms with Crippen LogP contribution in [0.3, 0.4) is 0 Å². The van der Waals surface area contributed by atoms with Crippen LogP contribution in [-0.4, -0.2) is 53.5 Å². The third-order valence-electron chi connectivity index (χ3n) is 6.69. The average Bonchev–Trinajstić information content (AvgIpc) is 2.85. The summed E-state index contributed by atoms with van der Waals surface area (Å²) < 4.78 is 6.22. The molecule has 2 heterocycles. The smallest absolute Gasteiger partial charge is 0.254 e. The summed E-state index contributed by atoms with van der Waals surface area (Å²) in [4.78, 5) is 32.6. The van der Waals surface area contributed by atoms with Gasteiger partial charge in [0.25, 0.3) is 5.91 Å². The molecule has 1 aromatic heterocycles. The van der Waals surface area contributed by atoms with Crippen LogP contribution < -0.4 is 5.32 Å². The van der Waals surface area contributed by atoms with Crippen molar-refractivity contribution in [1.82, 2.24) is 15.2 Å². The highest BCUT2D eigenvalue weighted by Gasteiger charge is 2.46. The number of carbonyl (C=O) groups is 2. The molecule has 6 nitrogen and oxygen atoms in total. The number of hydrogen-bond donors (Lipinski definition) is 1. The summed E-state index contributed by atoms with van der Waals surface area (Å²) >= 11 is 0.